The number of carbonyl (C=O) groups is 1. The fourth-order valence-corrected chi connectivity index (χ4v) is 3.47. The Morgan fingerprint density at radius 3 is 1.94 bits per heavy atom. The molecule has 1 amide bonds. The van der Waals surface area contributed by atoms with Crippen molar-refractivity contribution in [3.8, 4) is 11.5 Å². The third-order valence-electron chi connectivity index (χ3n) is 4.80. The van der Waals surface area contributed by atoms with E-state index in [-0.39, 0.29) is 18.1 Å². The van der Waals surface area contributed by atoms with Crippen molar-refractivity contribution in [2.75, 3.05) is 31.1 Å². The normalized spacial score (nSPS) is 13.7. The fraction of sp³-hybridized carbons (Fsp3) is 0.435. The van der Waals surface area contributed by atoms with E-state index in [0.717, 1.165) is 5.69 Å². The first-order valence-electron chi connectivity index (χ1n) is 11.0. The van der Waals surface area contributed by atoms with Crippen LogP contribution in [0.25, 0.3) is 4.98 Å². The number of piperazine rings is 1. The summed E-state index contributed by atoms with van der Waals surface area (Å²) in [7, 11) is -5.17. The molecule has 3 rings (SSSR count). The largest absolute Gasteiger partial charge is 0.759 e. The minimum absolute atomic E-state index is 0.0342. The van der Waals surface area contributed by atoms with E-state index in [1.807, 2.05) is 69.0 Å². The summed E-state index contributed by atoms with van der Waals surface area (Å²) in [6.45, 7) is 10.3. The van der Waals surface area contributed by atoms with Gasteiger partial charge in [0.2, 0.25) is 11.1 Å². The standard InChI is InChI=1S/C23H29N4O3.H2O4S/c1-16(2)29-21-15-20(22(30-17(3)4)14-19(21)25-24)26-10-12-27(13-11-26)23(28)18-8-6-5-7-9-18;1-5(2,3)4/h5-9,14-17H,10-13H2,1-4H3;(H2,1,2,3,4)/q+1;/p-2. The molecule has 0 unspecified atom stereocenters. The van der Waals surface area contributed by atoms with Crippen LogP contribution in [0.5, 0.6) is 11.5 Å². The van der Waals surface area contributed by atoms with Crippen LogP contribution in [0, 0.1) is 5.39 Å². The molecule has 0 spiro atoms. The van der Waals surface area contributed by atoms with Gasteiger partial charge in [0, 0.05) is 48.2 Å². The lowest BCUT2D eigenvalue weighted by molar-refractivity contribution is 0.0746. The van der Waals surface area contributed by atoms with Crippen LogP contribution in [0.1, 0.15) is 38.1 Å². The van der Waals surface area contributed by atoms with Gasteiger partial charge < -0.3 is 28.4 Å². The first-order valence-corrected chi connectivity index (χ1v) is 12.3. The quantitative estimate of drug-likeness (QED) is 0.327. The van der Waals surface area contributed by atoms with E-state index < -0.39 is 10.4 Å². The number of benzene rings is 2. The molecule has 1 heterocycles. The van der Waals surface area contributed by atoms with Crippen molar-refractivity contribution in [2.24, 2.45) is 0 Å². The Labute approximate surface area is 205 Å². The molecule has 0 N–H and O–H groups in total. The van der Waals surface area contributed by atoms with E-state index in [1.165, 1.54) is 0 Å². The van der Waals surface area contributed by atoms with Gasteiger partial charge in [0.1, 0.15) is 0 Å². The molecule has 11 nitrogen and oxygen atoms in total. The molecule has 1 aliphatic heterocycles. The highest BCUT2D eigenvalue weighted by atomic mass is 32.3. The number of anilines is 1. The summed E-state index contributed by atoms with van der Waals surface area (Å²) in [6.07, 6.45) is -0.0938. The van der Waals surface area contributed by atoms with Crippen LogP contribution in [0.15, 0.2) is 42.5 Å². The zero-order valence-electron chi connectivity index (χ0n) is 20.1. The second-order valence-corrected chi connectivity index (χ2v) is 9.09. The molecule has 0 bridgehead atoms. The van der Waals surface area contributed by atoms with Gasteiger partial charge in [0.25, 0.3) is 5.91 Å². The summed E-state index contributed by atoms with van der Waals surface area (Å²) < 4.78 is 45.9. The molecule has 0 atom stereocenters. The maximum absolute atomic E-state index is 12.7. The third kappa shape index (κ3) is 9.05. The smallest absolute Gasteiger partial charge is 0.430 e. The zero-order valence-corrected chi connectivity index (χ0v) is 20.9. The Morgan fingerprint density at radius 2 is 1.46 bits per heavy atom. The molecule has 0 aromatic heterocycles. The number of ether oxygens (including phenoxy) is 2. The van der Waals surface area contributed by atoms with E-state index >= 15 is 0 Å². The van der Waals surface area contributed by atoms with Gasteiger partial charge in [-0.3, -0.25) is 13.2 Å². The van der Waals surface area contributed by atoms with Crippen molar-refractivity contribution < 1.29 is 31.8 Å². The lowest BCUT2D eigenvalue weighted by Crippen LogP contribution is -2.49. The topological polar surface area (TPSA) is 150 Å². The highest BCUT2D eigenvalue weighted by Gasteiger charge is 2.28. The number of hydrogen-bond donors (Lipinski definition) is 0. The van der Waals surface area contributed by atoms with Gasteiger partial charge in [-0.1, -0.05) is 18.2 Å². The minimum Gasteiger partial charge on any atom is -0.759 e. The molecular formula is C23H29N4O7S-. The van der Waals surface area contributed by atoms with Crippen LogP contribution < -0.4 is 14.4 Å². The summed E-state index contributed by atoms with van der Waals surface area (Å²) >= 11 is 0. The first kappa shape index (κ1) is 27.8. The molecule has 0 radical (unpaired) electrons. The average Bonchev–Trinajstić information content (AvgIpc) is 2.78. The van der Waals surface area contributed by atoms with E-state index in [1.54, 1.807) is 6.07 Å². The molecule has 2 aromatic carbocycles. The SMILES string of the molecule is CC(C)Oc1cc(N2CCN(C(=O)c3ccccc3)CC2)c(OC(C)C)cc1[N+]#N.O=S(=O)([O-])[O-]. The fourth-order valence-electron chi connectivity index (χ4n) is 3.47. The Morgan fingerprint density at radius 1 is 0.943 bits per heavy atom. The lowest BCUT2D eigenvalue weighted by atomic mass is 10.1. The summed E-state index contributed by atoms with van der Waals surface area (Å²) in [5.41, 5.74) is 1.91. The van der Waals surface area contributed by atoms with Crippen molar-refractivity contribution in [1.82, 2.24) is 4.90 Å². The summed E-state index contributed by atoms with van der Waals surface area (Å²) in [5, 5.41) is 9.43. The zero-order chi connectivity index (χ0) is 26.2. The molecule has 12 heteroatoms. The average molecular weight is 506 g/mol. The van der Waals surface area contributed by atoms with Crippen molar-refractivity contribution in [1.29, 1.82) is 5.39 Å². The molecule has 35 heavy (non-hydrogen) atoms. The predicted molar refractivity (Wildman–Crippen MR) is 128 cm³/mol. The number of carbonyl (C=O) groups excluding carboxylic acids is 1. The van der Waals surface area contributed by atoms with Gasteiger partial charge in [0.05, 0.1) is 24.0 Å². The minimum atomic E-state index is -5.17. The highest BCUT2D eigenvalue weighted by molar-refractivity contribution is 7.79. The third-order valence-corrected chi connectivity index (χ3v) is 4.80. The van der Waals surface area contributed by atoms with Gasteiger partial charge in [-0.25, -0.2) is 0 Å². The molecule has 1 aliphatic rings. The van der Waals surface area contributed by atoms with Crippen LogP contribution in [0.3, 0.4) is 0 Å². The van der Waals surface area contributed by atoms with E-state index in [4.69, 9.17) is 27.0 Å². The Balaban J connectivity index is 0.000000784. The maximum atomic E-state index is 12.7. The molecule has 2 aromatic rings. The van der Waals surface area contributed by atoms with Crippen LogP contribution in [-0.2, 0) is 10.4 Å². The van der Waals surface area contributed by atoms with E-state index in [9.17, 15) is 10.2 Å². The van der Waals surface area contributed by atoms with Gasteiger partial charge in [-0.05, 0) is 39.8 Å². The summed E-state index contributed by atoms with van der Waals surface area (Å²) in [4.78, 5) is 20.2. The van der Waals surface area contributed by atoms with E-state index in [2.05, 4.69) is 9.88 Å². The van der Waals surface area contributed by atoms with E-state index in [0.29, 0.717) is 48.9 Å². The highest BCUT2D eigenvalue weighted by Crippen LogP contribution is 2.41. The number of nitrogens with zero attached hydrogens (tertiary/aromatic N) is 4. The lowest BCUT2D eigenvalue weighted by Gasteiger charge is -2.37. The van der Waals surface area contributed by atoms with Crippen molar-refractivity contribution in [3.05, 3.63) is 53.0 Å². The number of hydrogen-bond acceptors (Lipinski definition) is 9. The van der Waals surface area contributed by atoms with Crippen LogP contribution in [0.2, 0.25) is 0 Å². The second-order valence-electron chi connectivity index (χ2n) is 8.27. The number of amides is 1. The van der Waals surface area contributed by atoms with Crippen molar-refractivity contribution in [2.45, 2.75) is 39.9 Å². The molecule has 0 saturated carbocycles. The molecule has 0 aliphatic carbocycles. The molecule has 1 saturated heterocycles. The van der Waals surface area contributed by atoms with Gasteiger partial charge in [0.15, 0.2) is 10.7 Å². The van der Waals surface area contributed by atoms with Crippen LogP contribution in [-0.4, -0.2) is 66.7 Å². The van der Waals surface area contributed by atoms with Crippen LogP contribution >= 0.6 is 0 Å². The Kier molecular flexibility index (Phi) is 9.82. The van der Waals surface area contributed by atoms with Gasteiger partial charge >= 0.3 is 5.69 Å². The van der Waals surface area contributed by atoms with Crippen molar-refractivity contribution in [3.63, 3.8) is 0 Å². The Hall–Kier alpha value is -3.40. The second kappa shape index (κ2) is 12.3. The number of rotatable bonds is 6. The molecular weight excluding hydrogens is 476 g/mol. The van der Waals surface area contributed by atoms with Gasteiger partial charge in [-0.15, -0.1) is 0 Å². The monoisotopic (exact) mass is 505 g/mol. The Bertz CT molecular complexity index is 1130. The summed E-state index contributed by atoms with van der Waals surface area (Å²) in [6, 6.07) is 12.9. The number of diazo groups is 1. The van der Waals surface area contributed by atoms with Crippen molar-refractivity contribution >= 4 is 27.7 Å². The molecule has 1 fully saturated rings. The summed E-state index contributed by atoms with van der Waals surface area (Å²) in [5.74, 6) is 1.19. The van der Waals surface area contributed by atoms with Gasteiger partial charge in [-0.2, -0.15) is 0 Å². The predicted octanol–water partition coefficient (Wildman–Crippen LogP) is 3.37. The molecule has 190 valence electrons. The van der Waals surface area contributed by atoms with Crippen LogP contribution in [0.4, 0.5) is 11.4 Å². The first-order chi connectivity index (χ1) is 16.4. The maximum Gasteiger partial charge on any atom is 0.430 e.